The van der Waals surface area contributed by atoms with Gasteiger partial charge in [-0.1, -0.05) is 11.3 Å². The molecule has 2 aromatic rings. The third kappa shape index (κ3) is 2.69. The van der Waals surface area contributed by atoms with Gasteiger partial charge in [-0.15, -0.1) is 10.2 Å². The first kappa shape index (κ1) is 12.6. The highest BCUT2D eigenvalue weighted by molar-refractivity contribution is 7.17. The van der Waals surface area contributed by atoms with Gasteiger partial charge in [0, 0.05) is 11.8 Å². The molecule has 1 amide bonds. The number of nitrogens with zero attached hydrogens (tertiary/aromatic N) is 2. The highest BCUT2D eigenvalue weighted by Crippen LogP contribution is 2.28. The lowest BCUT2D eigenvalue weighted by Gasteiger charge is -2.06. The molecule has 0 bridgehead atoms. The lowest BCUT2D eigenvalue weighted by Crippen LogP contribution is -2.11. The van der Waals surface area contributed by atoms with Gasteiger partial charge in [0.1, 0.15) is 0 Å². The maximum atomic E-state index is 11.7. The fraction of sp³-hybridized carbons (Fsp3) is 0.100. The molecule has 0 aliphatic heterocycles. The Bertz CT molecular complexity index is 587. The lowest BCUT2D eigenvalue weighted by atomic mass is 10.2. The van der Waals surface area contributed by atoms with Gasteiger partial charge in [0.2, 0.25) is 9.47 Å². The summed E-state index contributed by atoms with van der Waals surface area (Å²) in [5, 5.41) is 19.4. The first-order valence-electron chi connectivity index (χ1n) is 4.77. The molecular weight excluding hydrogens is 278 g/mol. The fourth-order valence-electron chi connectivity index (χ4n) is 1.25. The summed E-state index contributed by atoms with van der Waals surface area (Å²) < 4.78 is 5.08. The van der Waals surface area contributed by atoms with E-state index in [9.17, 15) is 9.90 Å². The van der Waals surface area contributed by atoms with Crippen molar-refractivity contribution in [1.29, 1.82) is 0 Å². The molecule has 8 heteroatoms. The Morgan fingerprint density at radius 2 is 2.28 bits per heavy atom. The van der Waals surface area contributed by atoms with Crippen LogP contribution in [0.4, 0.5) is 5.69 Å². The molecule has 0 radical (unpaired) electrons. The van der Waals surface area contributed by atoms with Gasteiger partial charge < -0.3 is 15.2 Å². The van der Waals surface area contributed by atoms with Crippen LogP contribution >= 0.6 is 22.9 Å². The monoisotopic (exact) mass is 285 g/mol. The molecule has 0 atom stereocenters. The van der Waals surface area contributed by atoms with E-state index in [4.69, 9.17) is 16.3 Å². The first-order chi connectivity index (χ1) is 8.60. The van der Waals surface area contributed by atoms with Crippen molar-refractivity contribution in [3.63, 3.8) is 0 Å². The second-order valence-corrected chi connectivity index (χ2v) is 4.76. The second-order valence-electron chi connectivity index (χ2n) is 3.20. The molecule has 1 heterocycles. The van der Waals surface area contributed by atoms with Crippen LogP contribution in [-0.4, -0.2) is 28.3 Å². The molecule has 0 aliphatic rings. The number of carbonyl (C=O) groups excluding carboxylic acids is 1. The third-order valence-electron chi connectivity index (χ3n) is 2.03. The molecule has 2 rings (SSSR count). The Labute approximate surface area is 111 Å². The van der Waals surface area contributed by atoms with Crippen molar-refractivity contribution in [3.05, 3.63) is 27.7 Å². The molecule has 0 saturated heterocycles. The summed E-state index contributed by atoms with van der Waals surface area (Å²) in [5.74, 6) is -0.179. The van der Waals surface area contributed by atoms with E-state index in [0.717, 1.165) is 11.3 Å². The molecule has 1 aromatic heterocycles. The summed E-state index contributed by atoms with van der Waals surface area (Å²) in [4.78, 5) is 11.7. The minimum atomic E-state index is -0.441. The van der Waals surface area contributed by atoms with Crippen LogP contribution in [0.15, 0.2) is 18.2 Å². The molecule has 0 aliphatic carbocycles. The maximum absolute atomic E-state index is 11.7. The fourth-order valence-corrected chi connectivity index (χ4v) is 1.97. The molecule has 18 heavy (non-hydrogen) atoms. The SMILES string of the molecule is COc1ccc(NC(=O)c2nnc(Cl)s2)cc1O. The summed E-state index contributed by atoms with van der Waals surface area (Å²) in [6.07, 6.45) is 0. The molecule has 1 aromatic carbocycles. The molecule has 0 fully saturated rings. The number of halogens is 1. The standard InChI is InChI=1S/C10H8ClN3O3S/c1-17-7-3-2-5(4-6(7)15)12-8(16)9-13-14-10(11)18-9/h2-4,15H,1H3,(H,12,16). The number of benzene rings is 1. The molecule has 0 unspecified atom stereocenters. The average molecular weight is 286 g/mol. The number of anilines is 1. The third-order valence-corrected chi connectivity index (χ3v) is 3.05. The number of ether oxygens (including phenoxy) is 1. The number of nitrogens with one attached hydrogen (secondary N) is 1. The Morgan fingerprint density at radius 1 is 1.50 bits per heavy atom. The zero-order valence-corrected chi connectivity index (χ0v) is 10.7. The van der Waals surface area contributed by atoms with Crippen molar-refractivity contribution >= 4 is 34.5 Å². The van der Waals surface area contributed by atoms with E-state index in [2.05, 4.69) is 15.5 Å². The highest BCUT2D eigenvalue weighted by Gasteiger charge is 2.13. The molecule has 0 saturated carbocycles. The summed E-state index contributed by atoms with van der Waals surface area (Å²) in [6.45, 7) is 0. The second kappa shape index (κ2) is 5.19. The van der Waals surface area contributed by atoms with Crippen LogP contribution in [0.2, 0.25) is 4.47 Å². The van der Waals surface area contributed by atoms with Crippen LogP contribution in [-0.2, 0) is 0 Å². The van der Waals surface area contributed by atoms with Crippen molar-refractivity contribution in [3.8, 4) is 11.5 Å². The van der Waals surface area contributed by atoms with Gasteiger partial charge in [0.25, 0.3) is 5.91 Å². The summed E-state index contributed by atoms with van der Waals surface area (Å²) in [7, 11) is 1.44. The topological polar surface area (TPSA) is 84.3 Å². The van der Waals surface area contributed by atoms with Crippen molar-refractivity contribution in [1.82, 2.24) is 10.2 Å². The Balaban J connectivity index is 2.14. The Morgan fingerprint density at radius 3 is 2.83 bits per heavy atom. The number of carbonyl (C=O) groups is 1. The van der Waals surface area contributed by atoms with Gasteiger partial charge in [-0.2, -0.15) is 0 Å². The van der Waals surface area contributed by atoms with E-state index in [1.807, 2.05) is 0 Å². The number of amides is 1. The van der Waals surface area contributed by atoms with E-state index < -0.39 is 5.91 Å². The summed E-state index contributed by atoms with van der Waals surface area (Å²) in [5.41, 5.74) is 0.421. The quantitative estimate of drug-likeness (QED) is 0.903. The summed E-state index contributed by atoms with van der Waals surface area (Å²) in [6, 6.07) is 4.51. The Hall–Kier alpha value is -1.86. The normalized spacial score (nSPS) is 10.1. The highest BCUT2D eigenvalue weighted by atomic mass is 35.5. The molecular formula is C10H8ClN3O3S. The number of phenols is 1. The van der Waals surface area contributed by atoms with Gasteiger partial charge in [-0.25, -0.2) is 0 Å². The average Bonchev–Trinajstić information content (AvgIpc) is 2.76. The molecule has 0 spiro atoms. The van der Waals surface area contributed by atoms with Crippen LogP contribution in [0.1, 0.15) is 9.80 Å². The van der Waals surface area contributed by atoms with E-state index in [-0.39, 0.29) is 15.2 Å². The number of methoxy groups -OCH3 is 1. The zero-order valence-electron chi connectivity index (χ0n) is 9.18. The van der Waals surface area contributed by atoms with Gasteiger partial charge in [-0.3, -0.25) is 4.79 Å². The van der Waals surface area contributed by atoms with Crippen LogP contribution in [0.5, 0.6) is 11.5 Å². The first-order valence-corrected chi connectivity index (χ1v) is 5.97. The smallest absolute Gasteiger partial charge is 0.286 e. The lowest BCUT2D eigenvalue weighted by molar-refractivity contribution is 0.102. The van der Waals surface area contributed by atoms with Crippen LogP contribution in [0.3, 0.4) is 0 Å². The van der Waals surface area contributed by atoms with Gasteiger partial charge >= 0.3 is 0 Å². The number of hydrogen-bond acceptors (Lipinski definition) is 6. The largest absolute Gasteiger partial charge is 0.504 e. The molecule has 6 nitrogen and oxygen atoms in total. The zero-order chi connectivity index (χ0) is 13.1. The summed E-state index contributed by atoms with van der Waals surface area (Å²) >= 11 is 6.55. The number of phenolic OH excluding ortho intramolecular Hbond substituents is 1. The predicted octanol–water partition coefficient (Wildman–Crippen LogP) is 2.16. The molecule has 94 valence electrons. The van der Waals surface area contributed by atoms with E-state index in [1.165, 1.54) is 19.2 Å². The number of aromatic nitrogens is 2. The molecule has 2 N–H and O–H groups in total. The van der Waals surface area contributed by atoms with E-state index in [1.54, 1.807) is 6.07 Å². The van der Waals surface area contributed by atoms with Gasteiger partial charge in [0.15, 0.2) is 11.5 Å². The van der Waals surface area contributed by atoms with Gasteiger partial charge in [0.05, 0.1) is 7.11 Å². The van der Waals surface area contributed by atoms with Crippen molar-refractivity contribution in [2.75, 3.05) is 12.4 Å². The minimum Gasteiger partial charge on any atom is -0.504 e. The van der Waals surface area contributed by atoms with Crippen molar-refractivity contribution in [2.45, 2.75) is 0 Å². The van der Waals surface area contributed by atoms with Crippen molar-refractivity contribution in [2.24, 2.45) is 0 Å². The van der Waals surface area contributed by atoms with E-state index >= 15 is 0 Å². The predicted molar refractivity (Wildman–Crippen MR) is 67.5 cm³/mol. The maximum Gasteiger partial charge on any atom is 0.286 e. The van der Waals surface area contributed by atoms with E-state index in [0.29, 0.717) is 11.4 Å². The Kier molecular flexibility index (Phi) is 3.63. The van der Waals surface area contributed by atoms with Crippen LogP contribution in [0.25, 0.3) is 0 Å². The number of hydrogen-bond donors (Lipinski definition) is 2. The number of rotatable bonds is 3. The number of aromatic hydroxyl groups is 1. The van der Waals surface area contributed by atoms with Gasteiger partial charge in [-0.05, 0) is 23.7 Å². The van der Waals surface area contributed by atoms with Crippen LogP contribution in [0, 0.1) is 0 Å². The van der Waals surface area contributed by atoms with Crippen LogP contribution < -0.4 is 10.1 Å². The minimum absolute atomic E-state index is 0.0643. The van der Waals surface area contributed by atoms with Crippen molar-refractivity contribution < 1.29 is 14.6 Å².